The predicted octanol–water partition coefficient (Wildman–Crippen LogP) is 2.31. The quantitative estimate of drug-likeness (QED) is 0.860. The Kier molecular flexibility index (Phi) is 4.63. The van der Waals surface area contributed by atoms with E-state index in [0.29, 0.717) is 35.2 Å². The minimum absolute atomic E-state index is 0.303. The van der Waals surface area contributed by atoms with Crippen molar-refractivity contribution >= 4 is 15.7 Å². The second-order valence-electron chi connectivity index (χ2n) is 5.42. The maximum absolute atomic E-state index is 12.9. The molecule has 1 fully saturated rings. The van der Waals surface area contributed by atoms with Crippen molar-refractivity contribution in [1.29, 1.82) is 0 Å². The van der Waals surface area contributed by atoms with Crippen LogP contribution in [0.4, 0.5) is 5.82 Å². The van der Waals surface area contributed by atoms with Crippen LogP contribution in [0.15, 0.2) is 52.3 Å². The van der Waals surface area contributed by atoms with Gasteiger partial charge in [-0.2, -0.15) is 0 Å². The smallest absolute Gasteiger partial charge is 0.206 e. The van der Waals surface area contributed by atoms with Crippen molar-refractivity contribution in [1.82, 2.24) is 4.98 Å². The summed E-state index contributed by atoms with van der Waals surface area (Å²) in [5.74, 6) is 0.710. The maximum Gasteiger partial charge on any atom is 0.206 e. The first kappa shape index (κ1) is 16.0. The maximum atomic E-state index is 12.9. The molecular formula is C17H20N2O3S. The van der Waals surface area contributed by atoms with Crippen molar-refractivity contribution in [2.75, 3.05) is 31.2 Å². The second-order valence-corrected chi connectivity index (χ2v) is 7.37. The first-order valence-corrected chi connectivity index (χ1v) is 9.23. The minimum atomic E-state index is -3.53. The minimum Gasteiger partial charge on any atom is -0.378 e. The molecule has 0 amide bonds. The molecule has 1 aromatic carbocycles. The van der Waals surface area contributed by atoms with Gasteiger partial charge in [0.05, 0.1) is 23.0 Å². The lowest BCUT2D eigenvalue weighted by molar-refractivity contribution is 0.122. The molecule has 122 valence electrons. The lowest BCUT2D eigenvalue weighted by Crippen LogP contribution is -2.37. The first-order chi connectivity index (χ1) is 11.1. The van der Waals surface area contributed by atoms with E-state index in [4.69, 9.17) is 4.74 Å². The topological polar surface area (TPSA) is 59.5 Å². The molecule has 1 aliphatic heterocycles. The van der Waals surface area contributed by atoms with Crippen molar-refractivity contribution < 1.29 is 13.2 Å². The number of hydrogen-bond donors (Lipinski definition) is 0. The predicted molar refractivity (Wildman–Crippen MR) is 88.5 cm³/mol. The van der Waals surface area contributed by atoms with Gasteiger partial charge in [0.2, 0.25) is 9.84 Å². The van der Waals surface area contributed by atoms with Crippen molar-refractivity contribution in [3.8, 4) is 0 Å². The second kappa shape index (κ2) is 6.68. The van der Waals surface area contributed by atoms with Crippen LogP contribution in [-0.4, -0.2) is 39.7 Å². The average Bonchev–Trinajstić information content (AvgIpc) is 2.62. The molecule has 2 heterocycles. The van der Waals surface area contributed by atoms with Crippen LogP contribution in [-0.2, 0) is 21.0 Å². The Hall–Kier alpha value is -1.92. The normalized spacial score (nSPS) is 15.6. The number of ether oxygens (including phenoxy) is 1. The Morgan fingerprint density at radius 3 is 2.43 bits per heavy atom. The molecule has 0 aliphatic carbocycles. The van der Waals surface area contributed by atoms with E-state index in [-0.39, 0.29) is 0 Å². The number of benzene rings is 1. The molecular weight excluding hydrogens is 312 g/mol. The van der Waals surface area contributed by atoms with Gasteiger partial charge in [0.15, 0.2) is 0 Å². The summed E-state index contributed by atoms with van der Waals surface area (Å²) < 4.78 is 31.1. The molecule has 0 spiro atoms. The van der Waals surface area contributed by atoms with E-state index in [0.717, 1.165) is 18.8 Å². The summed E-state index contributed by atoms with van der Waals surface area (Å²) in [6.07, 6.45) is 0.690. The van der Waals surface area contributed by atoms with Gasteiger partial charge in [0.25, 0.3) is 0 Å². The average molecular weight is 332 g/mol. The molecule has 2 aromatic rings. The first-order valence-electron chi connectivity index (χ1n) is 7.75. The van der Waals surface area contributed by atoms with Crippen molar-refractivity contribution in [2.45, 2.75) is 23.1 Å². The van der Waals surface area contributed by atoms with Crippen LogP contribution in [0.5, 0.6) is 0 Å². The monoisotopic (exact) mass is 332 g/mol. The highest BCUT2D eigenvalue weighted by atomic mass is 32.2. The highest BCUT2D eigenvalue weighted by molar-refractivity contribution is 7.91. The van der Waals surface area contributed by atoms with E-state index >= 15 is 0 Å². The molecule has 0 atom stereocenters. The third-order valence-corrected chi connectivity index (χ3v) is 5.65. The van der Waals surface area contributed by atoms with Crippen molar-refractivity contribution in [2.24, 2.45) is 0 Å². The zero-order chi connectivity index (χ0) is 16.3. The largest absolute Gasteiger partial charge is 0.378 e. The summed E-state index contributed by atoms with van der Waals surface area (Å²) in [6.45, 7) is 4.71. The van der Waals surface area contributed by atoms with Crippen LogP contribution in [0.3, 0.4) is 0 Å². The van der Waals surface area contributed by atoms with Crippen LogP contribution < -0.4 is 4.90 Å². The number of hydrogen-bond acceptors (Lipinski definition) is 5. The van der Waals surface area contributed by atoms with Crippen LogP contribution in [0, 0.1) is 0 Å². The van der Waals surface area contributed by atoms with Gasteiger partial charge < -0.3 is 9.64 Å². The van der Waals surface area contributed by atoms with E-state index in [1.807, 2.05) is 13.0 Å². The summed E-state index contributed by atoms with van der Waals surface area (Å²) in [4.78, 5) is 7.27. The van der Waals surface area contributed by atoms with E-state index < -0.39 is 9.84 Å². The number of aryl methyl sites for hydroxylation is 1. The van der Waals surface area contributed by atoms with E-state index in [9.17, 15) is 8.42 Å². The van der Waals surface area contributed by atoms with Gasteiger partial charge in [0.1, 0.15) is 5.82 Å². The molecule has 0 unspecified atom stereocenters. The fraction of sp³-hybridized carbons (Fsp3) is 0.353. The molecule has 5 nitrogen and oxygen atoms in total. The zero-order valence-electron chi connectivity index (χ0n) is 13.1. The number of rotatable bonds is 4. The number of morpholine rings is 1. The zero-order valence-corrected chi connectivity index (χ0v) is 13.9. The molecule has 1 aliphatic rings. The van der Waals surface area contributed by atoms with Crippen LogP contribution in [0.1, 0.15) is 12.6 Å². The van der Waals surface area contributed by atoms with Crippen molar-refractivity contribution in [3.05, 3.63) is 48.2 Å². The molecule has 0 bridgehead atoms. The van der Waals surface area contributed by atoms with Crippen LogP contribution in [0.2, 0.25) is 0 Å². The molecule has 0 radical (unpaired) electrons. The fourth-order valence-electron chi connectivity index (χ4n) is 2.57. The third kappa shape index (κ3) is 3.38. The Labute approximate surface area is 136 Å². The lowest BCUT2D eigenvalue weighted by Gasteiger charge is -2.28. The summed E-state index contributed by atoms with van der Waals surface area (Å²) >= 11 is 0. The third-order valence-electron chi connectivity index (χ3n) is 3.90. The van der Waals surface area contributed by atoms with Gasteiger partial charge in [-0.15, -0.1) is 0 Å². The van der Waals surface area contributed by atoms with Gasteiger partial charge in [0, 0.05) is 18.8 Å². The highest BCUT2D eigenvalue weighted by Gasteiger charge is 2.21. The fourth-order valence-corrected chi connectivity index (χ4v) is 3.91. The summed E-state index contributed by atoms with van der Waals surface area (Å²) in [7, 11) is -3.53. The van der Waals surface area contributed by atoms with Crippen molar-refractivity contribution in [3.63, 3.8) is 0 Å². The number of anilines is 1. The molecule has 1 aromatic heterocycles. The molecule has 0 saturated carbocycles. The number of nitrogens with zero attached hydrogens (tertiary/aromatic N) is 2. The number of sulfone groups is 1. The lowest BCUT2D eigenvalue weighted by atomic mass is 10.3. The van der Waals surface area contributed by atoms with Crippen LogP contribution in [0.25, 0.3) is 0 Å². The Bertz CT molecular complexity index is 770. The standard InChI is InChI=1S/C17H20N2O3S/c1-2-14-12-16(23(20,21)15-6-4-3-5-7-15)13-17(18-14)19-8-10-22-11-9-19/h3-7,12-13H,2,8-11H2,1H3. The van der Waals surface area contributed by atoms with E-state index in [1.165, 1.54) is 0 Å². The van der Waals surface area contributed by atoms with Gasteiger partial charge in [-0.3, -0.25) is 0 Å². The number of aromatic nitrogens is 1. The highest BCUT2D eigenvalue weighted by Crippen LogP contribution is 2.25. The molecule has 1 saturated heterocycles. The van der Waals surface area contributed by atoms with Gasteiger partial charge in [-0.1, -0.05) is 25.1 Å². The Morgan fingerprint density at radius 1 is 1.09 bits per heavy atom. The summed E-state index contributed by atoms with van der Waals surface area (Å²) in [5, 5.41) is 0. The summed E-state index contributed by atoms with van der Waals surface area (Å²) in [5.41, 5.74) is 0.781. The Balaban J connectivity index is 2.05. The molecule has 3 rings (SSSR count). The molecule has 0 N–H and O–H groups in total. The number of pyridine rings is 1. The van der Waals surface area contributed by atoms with E-state index in [1.54, 1.807) is 36.4 Å². The van der Waals surface area contributed by atoms with Gasteiger partial charge >= 0.3 is 0 Å². The Morgan fingerprint density at radius 2 is 1.78 bits per heavy atom. The summed E-state index contributed by atoms with van der Waals surface area (Å²) in [6, 6.07) is 11.9. The van der Waals surface area contributed by atoms with Crippen LogP contribution >= 0.6 is 0 Å². The van der Waals surface area contributed by atoms with Gasteiger partial charge in [-0.25, -0.2) is 13.4 Å². The van der Waals surface area contributed by atoms with Gasteiger partial charge in [-0.05, 0) is 30.7 Å². The molecule has 6 heteroatoms. The van der Waals surface area contributed by atoms with E-state index in [2.05, 4.69) is 9.88 Å². The SMILES string of the molecule is CCc1cc(S(=O)(=O)c2ccccc2)cc(N2CCOCC2)n1. The molecule has 23 heavy (non-hydrogen) atoms.